The monoisotopic (exact) mass is 340 g/mol. The molecule has 0 aliphatic carbocycles. The molecule has 1 aromatic rings. The Hall–Kier alpha value is -0.300. The van der Waals surface area contributed by atoms with Crippen LogP contribution in [0.2, 0.25) is 5.02 Å². The number of benzene rings is 1. The largest absolute Gasteiger partial charge is 0.485 e. The molecule has 1 N–H and O–H groups in total. The van der Waals surface area contributed by atoms with E-state index in [2.05, 4.69) is 15.9 Å². The van der Waals surface area contributed by atoms with E-state index >= 15 is 0 Å². The Balaban J connectivity index is 2.17. The molecule has 1 aromatic carbocycles. The maximum atomic E-state index is 11.3. The molecule has 1 heterocycles. The molecule has 1 aliphatic heterocycles. The van der Waals surface area contributed by atoms with Crippen LogP contribution in [0.3, 0.4) is 0 Å². The van der Waals surface area contributed by atoms with Crippen molar-refractivity contribution < 1.29 is 18.3 Å². The van der Waals surface area contributed by atoms with Crippen LogP contribution in [0.25, 0.3) is 0 Å². The molecule has 0 aromatic heterocycles. The summed E-state index contributed by atoms with van der Waals surface area (Å²) in [7, 11) is -3.20. The van der Waals surface area contributed by atoms with Gasteiger partial charge in [0.05, 0.1) is 16.0 Å². The molecule has 1 saturated heterocycles. The molecular formula is C10H10BrClO4S. The number of rotatable bonds is 2. The first kappa shape index (κ1) is 13.1. The Morgan fingerprint density at radius 1 is 1.41 bits per heavy atom. The minimum atomic E-state index is -3.20. The quantitative estimate of drug-likeness (QED) is 0.888. The van der Waals surface area contributed by atoms with Crippen LogP contribution in [0.5, 0.6) is 5.75 Å². The molecule has 1 aliphatic rings. The lowest BCUT2D eigenvalue weighted by Gasteiger charge is -2.16. The predicted molar refractivity (Wildman–Crippen MR) is 68.2 cm³/mol. The van der Waals surface area contributed by atoms with Gasteiger partial charge in [-0.2, -0.15) is 0 Å². The average Bonchev–Trinajstić information content (AvgIpc) is 2.44. The zero-order chi connectivity index (χ0) is 12.6. The van der Waals surface area contributed by atoms with Gasteiger partial charge < -0.3 is 9.84 Å². The zero-order valence-electron chi connectivity index (χ0n) is 8.64. The van der Waals surface area contributed by atoms with Gasteiger partial charge in [0.15, 0.2) is 9.84 Å². The van der Waals surface area contributed by atoms with Crippen molar-refractivity contribution >= 4 is 37.4 Å². The van der Waals surface area contributed by atoms with Gasteiger partial charge in [0, 0.05) is 5.02 Å². The SMILES string of the molecule is O=S1(=O)CC(O)C(Oc2ccc(Cl)cc2Br)C1. The normalized spacial score (nSPS) is 27.0. The summed E-state index contributed by atoms with van der Waals surface area (Å²) < 4.78 is 28.7. The third kappa shape index (κ3) is 3.13. The summed E-state index contributed by atoms with van der Waals surface area (Å²) in [5.41, 5.74) is 0. The fourth-order valence-electron chi connectivity index (χ4n) is 1.64. The third-order valence-corrected chi connectivity index (χ3v) is 4.98. The molecule has 0 saturated carbocycles. The van der Waals surface area contributed by atoms with E-state index in [4.69, 9.17) is 16.3 Å². The topological polar surface area (TPSA) is 63.6 Å². The second-order valence-electron chi connectivity index (χ2n) is 3.88. The van der Waals surface area contributed by atoms with Gasteiger partial charge in [-0.3, -0.25) is 0 Å². The number of aliphatic hydroxyl groups is 1. The molecule has 0 bridgehead atoms. The maximum Gasteiger partial charge on any atom is 0.156 e. The van der Waals surface area contributed by atoms with Crippen LogP contribution in [-0.4, -0.2) is 37.2 Å². The van der Waals surface area contributed by atoms with E-state index in [1.807, 2.05) is 0 Å². The summed E-state index contributed by atoms with van der Waals surface area (Å²) in [6.45, 7) is 0. The lowest BCUT2D eigenvalue weighted by molar-refractivity contribution is 0.0733. The first-order valence-corrected chi connectivity index (χ1v) is 7.87. The third-order valence-electron chi connectivity index (χ3n) is 2.44. The highest BCUT2D eigenvalue weighted by atomic mass is 79.9. The van der Waals surface area contributed by atoms with E-state index in [0.29, 0.717) is 15.2 Å². The fraction of sp³-hybridized carbons (Fsp3) is 0.400. The highest BCUT2D eigenvalue weighted by Gasteiger charge is 2.38. The molecule has 4 nitrogen and oxygen atoms in total. The van der Waals surface area contributed by atoms with Crippen molar-refractivity contribution in [1.29, 1.82) is 0 Å². The molecule has 17 heavy (non-hydrogen) atoms. The maximum absolute atomic E-state index is 11.3. The first-order chi connectivity index (χ1) is 7.87. The van der Waals surface area contributed by atoms with Crippen LogP contribution in [0, 0.1) is 0 Å². The summed E-state index contributed by atoms with van der Waals surface area (Å²) in [5.74, 6) is 0.0575. The van der Waals surface area contributed by atoms with Gasteiger partial charge in [-0.1, -0.05) is 11.6 Å². The van der Waals surface area contributed by atoms with Crippen molar-refractivity contribution in [3.8, 4) is 5.75 Å². The van der Waals surface area contributed by atoms with E-state index in [0.717, 1.165) is 0 Å². The molecule has 2 unspecified atom stereocenters. The molecule has 0 amide bonds. The van der Waals surface area contributed by atoms with Gasteiger partial charge in [0.1, 0.15) is 18.0 Å². The Morgan fingerprint density at radius 3 is 2.65 bits per heavy atom. The highest BCUT2D eigenvalue weighted by molar-refractivity contribution is 9.10. The van der Waals surface area contributed by atoms with Crippen LogP contribution in [0.1, 0.15) is 0 Å². The standard InChI is InChI=1S/C10H10BrClO4S/c11-7-3-6(12)1-2-9(7)16-10-5-17(14,15)4-8(10)13/h1-3,8,10,13H,4-5H2. The summed E-state index contributed by atoms with van der Waals surface area (Å²) in [4.78, 5) is 0. The predicted octanol–water partition coefficient (Wildman–Crippen LogP) is 1.64. The summed E-state index contributed by atoms with van der Waals surface area (Å²) in [6, 6.07) is 4.91. The summed E-state index contributed by atoms with van der Waals surface area (Å²) in [6.07, 6.45) is -1.71. The van der Waals surface area contributed by atoms with Crippen LogP contribution in [0.15, 0.2) is 22.7 Å². The second kappa shape index (κ2) is 4.76. The Bertz CT molecular complexity index is 531. The van der Waals surface area contributed by atoms with Crippen LogP contribution < -0.4 is 4.74 Å². The van der Waals surface area contributed by atoms with Crippen molar-refractivity contribution in [3.05, 3.63) is 27.7 Å². The lowest BCUT2D eigenvalue weighted by Crippen LogP contribution is -2.29. The minimum absolute atomic E-state index is 0.163. The van der Waals surface area contributed by atoms with Crippen LogP contribution >= 0.6 is 27.5 Å². The molecule has 1 fully saturated rings. The number of sulfone groups is 1. The molecule has 0 spiro atoms. The van der Waals surface area contributed by atoms with Crippen LogP contribution in [-0.2, 0) is 9.84 Å². The average molecular weight is 342 g/mol. The van der Waals surface area contributed by atoms with E-state index in [1.54, 1.807) is 18.2 Å². The summed E-state index contributed by atoms with van der Waals surface area (Å²) in [5, 5.41) is 10.1. The fourth-order valence-corrected chi connectivity index (χ4v) is 4.08. The number of hydrogen-bond donors (Lipinski definition) is 1. The highest BCUT2D eigenvalue weighted by Crippen LogP contribution is 2.30. The van der Waals surface area contributed by atoms with Gasteiger partial charge >= 0.3 is 0 Å². The number of aliphatic hydroxyl groups excluding tert-OH is 1. The molecule has 7 heteroatoms. The van der Waals surface area contributed by atoms with Crippen molar-refractivity contribution in [1.82, 2.24) is 0 Å². The van der Waals surface area contributed by atoms with Gasteiger partial charge in [-0.05, 0) is 34.1 Å². The number of ether oxygens (including phenoxy) is 1. The van der Waals surface area contributed by atoms with E-state index < -0.39 is 22.0 Å². The van der Waals surface area contributed by atoms with Crippen molar-refractivity contribution in [3.63, 3.8) is 0 Å². The number of hydrogen-bond acceptors (Lipinski definition) is 4. The summed E-state index contributed by atoms with van der Waals surface area (Å²) >= 11 is 9.04. The van der Waals surface area contributed by atoms with Crippen LogP contribution in [0.4, 0.5) is 0 Å². The van der Waals surface area contributed by atoms with E-state index in [9.17, 15) is 13.5 Å². The zero-order valence-corrected chi connectivity index (χ0v) is 11.8. The first-order valence-electron chi connectivity index (χ1n) is 4.87. The smallest absolute Gasteiger partial charge is 0.156 e. The molecule has 2 rings (SSSR count). The molecule has 94 valence electrons. The molecule has 2 atom stereocenters. The molecular weight excluding hydrogens is 332 g/mol. The Labute approximate surface area is 113 Å². The van der Waals surface area contributed by atoms with E-state index in [1.165, 1.54) is 0 Å². The van der Waals surface area contributed by atoms with Crippen molar-refractivity contribution in [2.75, 3.05) is 11.5 Å². The van der Waals surface area contributed by atoms with Gasteiger partial charge in [0.2, 0.25) is 0 Å². The van der Waals surface area contributed by atoms with Crippen molar-refractivity contribution in [2.45, 2.75) is 12.2 Å². The van der Waals surface area contributed by atoms with Crippen molar-refractivity contribution in [2.24, 2.45) is 0 Å². The number of halogens is 2. The van der Waals surface area contributed by atoms with Gasteiger partial charge in [-0.15, -0.1) is 0 Å². The van der Waals surface area contributed by atoms with Gasteiger partial charge in [-0.25, -0.2) is 8.42 Å². The van der Waals surface area contributed by atoms with E-state index in [-0.39, 0.29) is 11.5 Å². The van der Waals surface area contributed by atoms with Gasteiger partial charge in [0.25, 0.3) is 0 Å². The molecule has 0 radical (unpaired) electrons. The lowest BCUT2D eigenvalue weighted by atomic mass is 10.2. The second-order valence-corrected chi connectivity index (χ2v) is 7.32. The Kier molecular flexibility index (Phi) is 3.68. The Morgan fingerprint density at radius 2 is 2.12 bits per heavy atom. The minimum Gasteiger partial charge on any atom is -0.485 e.